The summed E-state index contributed by atoms with van der Waals surface area (Å²) in [6.45, 7) is 3.21. The third-order valence-electron chi connectivity index (χ3n) is 2.09. The van der Waals surface area contributed by atoms with E-state index in [1.165, 1.54) is 6.92 Å². The molecule has 15 heavy (non-hydrogen) atoms. The molecule has 4 nitrogen and oxygen atoms in total. The molecule has 0 aromatic carbocycles. The lowest BCUT2D eigenvalue weighted by Gasteiger charge is -2.20. The fourth-order valence-electron chi connectivity index (χ4n) is 1.07. The first-order chi connectivity index (χ1) is 6.93. The van der Waals surface area contributed by atoms with Gasteiger partial charge in [0, 0.05) is 4.47 Å². The number of aliphatic hydroxyl groups excluding tert-OH is 1. The second kappa shape index (κ2) is 5.16. The molecule has 0 saturated heterocycles. The smallest absolute Gasteiger partial charge is 0.109 e. The van der Waals surface area contributed by atoms with Crippen molar-refractivity contribution in [2.24, 2.45) is 0 Å². The summed E-state index contributed by atoms with van der Waals surface area (Å²) in [4.78, 5) is 4.11. The largest absolute Gasteiger partial charge is 0.772 e. The summed E-state index contributed by atoms with van der Waals surface area (Å²) in [5.74, 6) is 0. The maximum atomic E-state index is 10.7. The number of nitrogens with zero attached hydrogens (tertiary/aromatic N) is 1. The maximum absolute atomic E-state index is 10.7. The standard InChI is InChI=1S/C9H12BrNO3S/c1-5-7(10)3-4-8(11-5)9(12)6(2)15(13)14/h3-4,6,9,12H,1-2H3,(H,13,14)/p-1/t6-,9-/m0/s1. The van der Waals surface area contributed by atoms with Crippen molar-refractivity contribution >= 4 is 27.0 Å². The van der Waals surface area contributed by atoms with Crippen LogP contribution in [0.3, 0.4) is 0 Å². The van der Waals surface area contributed by atoms with Crippen LogP contribution in [0.1, 0.15) is 24.4 Å². The maximum Gasteiger partial charge on any atom is 0.109 e. The van der Waals surface area contributed by atoms with Crippen LogP contribution < -0.4 is 0 Å². The predicted molar refractivity (Wildman–Crippen MR) is 60.0 cm³/mol. The van der Waals surface area contributed by atoms with Gasteiger partial charge in [0.05, 0.1) is 16.6 Å². The van der Waals surface area contributed by atoms with Crippen LogP contribution in [-0.2, 0) is 11.1 Å². The molecule has 1 rings (SSSR count). The van der Waals surface area contributed by atoms with Crippen molar-refractivity contribution in [2.75, 3.05) is 0 Å². The number of aliphatic hydroxyl groups is 1. The van der Waals surface area contributed by atoms with Gasteiger partial charge in [-0.1, -0.05) is 0 Å². The Kier molecular flexibility index (Phi) is 4.39. The molecule has 3 atom stereocenters. The zero-order valence-corrected chi connectivity index (χ0v) is 10.7. The van der Waals surface area contributed by atoms with Crippen LogP contribution >= 0.6 is 15.9 Å². The number of rotatable bonds is 3. The first-order valence-electron chi connectivity index (χ1n) is 4.32. The minimum absolute atomic E-state index is 0.368. The van der Waals surface area contributed by atoms with Gasteiger partial charge in [-0.2, -0.15) is 0 Å². The quantitative estimate of drug-likeness (QED) is 0.856. The van der Waals surface area contributed by atoms with E-state index in [1.807, 2.05) is 0 Å². The number of hydrogen-bond donors (Lipinski definition) is 1. The molecule has 1 heterocycles. The van der Waals surface area contributed by atoms with E-state index in [9.17, 15) is 13.9 Å². The van der Waals surface area contributed by atoms with Crippen molar-refractivity contribution in [3.63, 3.8) is 0 Å². The molecule has 1 aromatic rings. The second-order valence-corrected chi connectivity index (χ2v) is 5.33. The molecule has 0 fully saturated rings. The highest BCUT2D eigenvalue weighted by molar-refractivity contribution is 9.10. The van der Waals surface area contributed by atoms with E-state index in [1.54, 1.807) is 19.1 Å². The Hall–Kier alpha value is -0.300. The summed E-state index contributed by atoms with van der Waals surface area (Å²) in [5, 5.41) is 8.84. The average molecular weight is 293 g/mol. The molecule has 0 aliphatic carbocycles. The monoisotopic (exact) mass is 292 g/mol. The molecule has 0 aliphatic rings. The zero-order valence-electron chi connectivity index (χ0n) is 8.31. The molecule has 0 aliphatic heterocycles. The van der Waals surface area contributed by atoms with Crippen molar-refractivity contribution in [3.05, 3.63) is 28.0 Å². The Labute approximate surface area is 99.2 Å². The van der Waals surface area contributed by atoms with Gasteiger partial charge in [-0.25, -0.2) is 0 Å². The summed E-state index contributed by atoms with van der Waals surface area (Å²) < 4.78 is 22.2. The van der Waals surface area contributed by atoms with Gasteiger partial charge in [-0.15, -0.1) is 0 Å². The Balaban J connectivity index is 2.96. The highest BCUT2D eigenvalue weighted by Gasteiger charge is 2.18. The Morgan fingerprint density at radius 2 is 2.20 bits per heavy atom. The van der Waals surface area contributed by atoms with E-state index >= 15 is 0 Å². The molecule has 0 spiro atoms. The summed E-state index contributed by atoms with van der Waals surface area (Å²) in [7, 11) is 0. The molecule has 6 heteroatoms. The normalized spacial score (nSPS) is 17.1. The van der Waals surface area contributed by atoms with Crippen LogP contribution in [0.25, 0.3) is 0 Å². The van der Waals surface area contributed by atoms with Gasteiger partial charge in [0.1, 0.15) is 6.10 Å². The lowest BCUT2D eigenvalue weighted by Crippen LogP contribution is -2.21. The van der Waals surface area contributed by atoms with Crippen LogP contribution in [0.5, 0.6) is 0 Å². The van der Waals surface area contributed by atoms with Crippen molar-refractivity contribution in [3.8, 4) is 0 Å². The summed E-state index contributed by atoms with van der Waals surface area (Å²) in [6, 6.07) is 3.34. The molecule has 1 unspecified atom stereocenters. The third kappa shape index (κ3) is 3.07. The van der Waals surface area contributed by atoms with Crippen LogP contribution in [0, 0.1) is 6.92 Å². The molecule has 84 valence electrons. The average Bonchev–Trinajstić information content (AvgIpc) is 2.19. The fraction of sp³-hybridized carbons (Fsp3) is 0.444. The molecule has 0 radical (unpaired) electrons. The lowest BCUT2D eigenvalue weighted by atomic mass is 10.1. The predicted octanol–water partition coefficient (Wildman–Crippen LogP) is 1.45. The van der Waals surface area contributed by atoms with Crippen molar-refractivity contribution in [1.82, 2.24) is 4.98 Å². The van der Waals surface area contributed by atoms with Gasteiger partial charge in [0.15, 0.2) is 0 Å². The van der Waals surface area contributed by atoms with Crippen molar-refractivity contribution < 1.29 is 13.9 Å². The van der Waals surface area contributed by atoms with Gasteiger partial charge in [-0.3, -0.25) is 9.19 Å². The minimum Gasteiger partial charge on any atom is -0.772 e. The zero-order chi connectivity index (χ0) is 11.6. The molecular formula is C9H11BrNO3S-. The topological polar surface area (TPSA) is 73.2 Å². The van der Waals surface area contributed by atoms with Crippen molar-refractivity contribution in [2.45, 2.75) is 25.2 Å². The molecule has 0 amide bonds. The van der Waals surface area contributed by atoms with Crippen LogP contribution in [0.4, 0.5) is 0 Å². The van der Waals surface area contributed by atoms with Gasteiger partial charge in [0.25, 0.3) is 0 Å². The second-order valence-electron chi connectivity index (χ2n) is 3.21. The molecule has 0 bridgehead atoms. The van der Waals surface area contributed by atoms with Gasteiger partial charge in [0.2, 0.25) is 0 Å². The van der Waals surface area contributed by atoms with E-state index < -0.39 is 22.4 Å². The van der Waals surface area contributed by atoms with Gasteiger partial charge < -0.3 is 9.66 Å². The first-order valence-corrected chi connectivity index (χ1v) is 6.25. The Bertz CT molecular complexity index is 386. The number of aryl methyl sites for hydroxylation is 1. The molecule has 1 aromatic heterocycles. The Morgan fingerprint density at radius 3 is 2.67 bits per heavy atom. The third-order valence-corrected chi connectivity index (χ3v) is 3.80. The lowest BCUT2D eigenvalue weighted by molar-refractivity contribution is 0.170. The molecule has 0 saturated carbocycles. The van der Waals surface area contributed by atoms with Crippen LogP contribution in [0.2, 0.25) is 0 Å². The summed E-state index contributed by atoms with van der Waals surface area (Å²) in [5.41, 5.74) is 1.09. The Morgan fingerprint density at radius 1 is 1.60 bits per heavy atom. The van der Waals surface area contributed by atoms with Crippen molar-refractivity contribution in [1.29, 1.82) is 0 Å². The number of halogens is 1. The summed E-state index contributed by atoms with van der Waals surface area (Å²) >= 11 is 0.974. The number of pyridine rings is 1. The summed E-state index contributed by atoms with van der Waals surface area (Å²) in [6.07, 6.45) is -1.09. The highest BCUT2D eigenvalue weighted by Crippen LogP contribution is 2.21. The van der Waals surface area contributed by atoms with E-state index in [0.717, 1.165) is 10.2 Å². The van der Waals surface area contributed by atoms with Gasteiger partial charge >= 0.3 is 0 Å². The van der Waals surface area contributed by atoms with E-state index in [2.05, 4.69) is 20.9 Å². The van der Waals surface area contributed by atoms with Crippen LogP contribution in [-0.4, -0.2) is 24.1 Å². The van der Waals surface area contributed by atoms with E-state index in [-0.39, 0.29) is 0 Å². The fourth-order valence-corrected chi connectivity index (χ4v) is 1.64. The molecule has 1 N–H and O–H groups in total. The minimum atomic E-state index is -2.30. The van der Waals surface area contributed by atoms with E-state index in [0.29, 0.717) is 5.69 Å². The van der Waals surface area contributed by atoms with E-state index in [4.69, 9.17) is 0 Å². The molecular weight excluding hydrogens is 282 g/mol. The van der Waals surface area contributed by atoms with Gasteiger partial charge in [-0.05, 0) is 53.0 Å². The SMILES string of the molecule is Cc1nc([C@@H](O)[C@H](C)S(=O)[O-])ccc1Br. The van der Waals surface area contributed by atoms with Crippen LogP contribution in [0.15, 0.2) is 16.6 Å². The highest BCUT2D eigenvalue weighted by atomic mass is 79.9. The number of aromatic nitrogens is 1. The number of hydrogen-bond acceptors (Lipinski definition) is 4. The first kappa shape index (κ1) is 12.8.